The Morgan fingerprint density at radius 3 is 2.90 bits per heavy atom. The van der Waals surface area contributed by atoms with E-state index in [4.69, 9.17) is 5.84 Å². The van der Waals surface area contributed by atoms with Crippen molar-refractivity contribution < 1.29 is 0 Å². The molecule has 3 N–H and O–H groups in total. The van der Waals surface area contributed by atoms with Gasteiger partial charge in [0.25, 0.3) is 0 Å². The van der Waals surface area contributed by atoms with E-state index in [-0.39, 0.29) is 6.04 Å². The number of hydrogen-bond acceptors (Lipinski definition) is 5. The summed E-state index contributed by atoms with van der Waals surface area (Å²) in [5.41, 5.74) is 4.73. The Morgan fingerprint density at radius 1 is 1.35 bits per heavy atom. The average Bonchev–Trinajstić information content (AvgIpc) is 3.16. The van der Waals surface area contributed by atoms with Crippen LogP contribution in [0.2, 0.25) is 0 Å². The van der Waals surface area contributed by atoms with Crippen molar-refractivity contribution in [2.24, 2.45) is 5.84 Å². The molecule has 1 atom stereocenters. The van der Waals surface area contributed by atoms with Crippen molar-refractivity contribution in [1.82, 2.24) is 25.2 Å². The van der Waals surface area contributed by atoms with Crippen LogP contribution in [-0.4, -0.2) is 19.7 Å². The average molecular weight is 272 g/mol. The molecule has 6 heteroatoms. The van der Waals surface area contributed by atoms with E-state index in [1.54, 1.807) is 6.20 Å². The zero-order valence-corrected chi connectivity index (χ0v) is 11.4. The molecule has 3 rings (SSSR count). The van der Waals surface area contributed by atoms with Gasteiger partial charge in [-0.3, -0.25) is 16.0 Å². The van der Waals surface area contributed by atoms with Gasteiger partial charge in [-0.25, -0.2) is 9.97 Å². The Hall–Kier alpha value is -1.79. The second-order valence-corrected chi connectivity index (χ2v) is 5.28. The fourth-order valence-corrected chi connectivity index (χ4v) is 2.82. The Kier molecular flexibility index (Phi) is 4.03. The van der Waals surface area contributed by atoms with Gasteiger partial charge in [-0.2, -0.15) is 5.10 Å². The second kappa shape index (κ2) is 6.11. The lowest BCUT2D eigenvalue weighted by atomic mass is 10.1. The van der Waals surface area contributed by atoms with E-state index in [0.29, 0.717) is 6.04 Å². The summed E-state index contributed by atoms with van der Waals surface area (Å²) in [6.45, 7) is 0. The van der Waals surface area contributed by atoms with Crippen molar-refractivity contribution in [2.45, 2.75) is 44.2 Å². The molecule has 2 aromatic rings. The summed E-state index contributed by atoms with van der Waals surface area (Å²) >= 11 is 0. The maximum atomic E-state index is 5.64. The molecular formula is C14H20N6. The SMILES string of the molecule is NNC(Cc1ccn(C2CCCC2)n1)c1ccncn1. The van der Waals surface area contributed by atoms with Crippen molar-refractivity contribution >= 4 is 0 Å². The smallest absolute Gasteiger partial charge is 0.115 e. The van der Waals surface area contributed by atoms with Crippen molar-refractivity contribution in [3.63, 3.8) is 0 Å². The van der Waals surface area contributed by atoms with Gasteiger partial charge in [0.15, 0.2) is 0 Å². The Balaban J connectivity index is 1.70. The Labute approximate surface area is 118 Å². The third-order valence-electron chi connectivity index (χ3n) is 3.94. The largest absolute Gasteiger partial charge is 0.271 e. The highest BCUT2D eigenvalue weighted by molar-refractivity contribution is 5.10. The number of hydrazine groups is 1. The molecule has 0 bridgehead atoms. The summed E-state index contributed by atoms with van der Waals surface area (Å²) in [7, 11) is 0. The van der Waals surface area contributed by atoms with Gasteiger partial charge in [-0.05, 0) is 25.0 Å². The Morgan fingerprint density at radius 2 is 2.20 bits per heavy atom. The molecule has 2 aromatic heterocycles. The fourth-order valence-electron chi connectivity index (χ4n) is 2.82. The summed E-state index contributed by atoms with van der Waals surface area (Å²) in [5, 5.41) is 4.68. The normalized spacial score (nSPS) is 17.4. The van der Waals surface area contributed by atoms with Crippen molar-refractivity contribution in [1.29, 1.82) is 0 Å². The first-order valence-corrected chi connectivity index (χ1v) is 7.13. The van der Waals surface area contributed by atoms with Crippen LogP contribution < -0.4 is 11.3 Å². The molecule has 0 aromatic carbocycles. The number of nitrogens with two attached hydrogens (primary N) is 1. The minimum atomic E-state index is -0.0371. The molecular weight excluding hydrogens is 252 g/mol. The van der Waals surface area contributed by atoms with Gasteiger partial charge in [-0.1, -0.05) is 12.8 Å². The third kappa shape index (κ3) is 2.86. The van der Waals surface area contributed by atoms with Gasteiger partial charge in [0, 0.05) is 18.8 Å². The molecule has 106 valence electrons. The van der Waals surface area contributed by atoms with Gasteiger partial charge >= 0.3 is 0 Å². The quantitative estimate of drug-likeness (QED) is 0.637. The molecule has 0 spiro atoms. The molecule has 0 aliphatic heterocycles. The van der Waals surface area contributed by atoms with Gasteiger partial charge < -0.3 is 0 Å². The second-order valence-electron chi connectivity index (χ2n) is 5.28. The molecule has 1 fully saturated rings. The van der Waals surface area contributed by atoms with Crippen LogP contribution in [0.5, 0.6) is 0 Å². The van der Waals surface area contributed by atoms with Crippen LogP contribution in [0.4, 0.5) is 0 Å². The van der Waals surface area contributed by atoms with Crippen molar-refractivity contribution in [3.05, 3.63) is 42.2 Å². The molecule has 0 radical (unpaired) electrons. The molecule has 0 amide bonds. The van der Waals surface area contributed by atoms with Crippen LogP contribution in [0.3, 0.4) is 0 Å². The van der Waals surface area contributed by atoms with E-state index >= 15 is 0 Å². The lowest BCUT2D eigenvalue weighted by Crippen LogP contribution is -2.30. The van der Waals surface area contributed by atoms with Crippen LogP contribution in [-0.2, 0) is 6.42 Å². The zero-order valence-electron chi connectivity index (χ0n) is 11.4. The Bertz CT molecular complexity index is 532. The summed E-state index contributed by atoms with van der Waals surface area (Å²) in [6.07, 6.45) is 11.2. The van der Waals surface area contributed by atoms with E-state index in [2.05, 4.69) is 37.4 Å². The summed E-state index contributed by atoms with van der Waals surface area (Å²) < 4.78 is 2.11. The summed E-state index contributed by atoms with van der Waals surface area (Å²) in [4.78, 5) is 8.17. The lowest BCUT2D eigenvalue weighted by molar-refractivity contribution is 0.456. The van der Waals surface area contributed by atoms with Gasteiger partial charge in [0.05, 0.1) is 23.5 Å². The van der Waals surface area contributed by atoms with E-state index < -0.39 is 0 Å². The number of nitrogens with one attached hydrogen (secondary N) is 1. The van der Waals surface area contributed by atoms with Gasteiger partial charge in [-0.15, -0.1) is 0 Å². The summed E-state index contributed by atoms with van der Waals surface area (Å²) in [5.74, 6) is 5.64. The lowest BCUT2D eigenvalue weighted by Gasteiger charge is -2.14. The van der Waals surface area contributed by atoms with Crippen molar-refractivity contribution in [2.75, 3.05) is 0 Å². The third-order valence-corrected chi connectivity index (χ3v) is 3.94. The van der Waals surface area contributed by atoms with E-state index in [1.807, 2.05) is 6.07 Å². The highest BCUT2D eigenvalue weighted by Crippen LogP contribution is 2.29. The van der Waals surface area contributed by atoms with Gasteiger partial charge in [0.1, 0.15) is 6.33 Å². The molecule has 20 heavy (non-hydrogen) atoms. The standard InChI is InChI=1S/C14H20N6/c15-18-14(13-5-7-16-10-17-13)9-11-6-8-20(19-11)12-3-1-2-4-12/h5-8,10,12,14,18H,1-4,9,15H2. The molecule has 1 saturated carbocycles. The zero-order chi connectivity index (χ0) is 13.8. The predicted octanol–water partition coefficient (Wildman–Crippen LogP) is 1.54. The number of hydrogen-bond donors (Lipinski definition) is 2. The topological polar surface area (TPSA) is 81.6 Å². The van der Waals surface area contributed by atoms with E-state index in [1.165, 1.54) is 32.0 Å². The predicted molar refractivity (Wildman–Crippen MR) is 75.5 cm³/mol. The van der Waals surface area contributed by atoms with Crippen LogP contribution in [0.1, 0.15) is 49.2 Å². The molecule has 0 saturated heterocycles. The maximum absolute atomic E-state index is 5.64. The molecule has 1 unspecified atom stereocenters. The van der Waals surface area contributed by atoms with Crippen LogP contribution in [0.15, 0.2) is 30.9 Å². The minimum Gasteiger partial charge on any atom is -0.271 e. The number of rotatable bonds is 5. The summed E-state index contributed by atoms with van der Waals surface area (Å²) in [6, 6.07) is 4.49. The van der Waals surface area contributed by atoms with Crippen LogP contribution in [0.25, 0.3) is 0 Å². The molecule has 1 aliphatic carbocycles. The number of nitrogens with zero attached hydrogens (tertiary/aromatic N) is 4. The van der Waals surface area contributed by atoms with Crippen LogP contribution in [0, 0.1) is 0 Å². The first-order chi connectivity index (χ1) is 9.86. The first kappa shape index (κ1) is 13.2. The fraction of sp³-hybridized carbons (Fsp3) is 0.500. The number of aromatic nitrogens is 4. The van der Waals surface area contributed by atoms with Gasteiger partial charge in [0.2, 0.25) is 0 Å². The maximum Gasteiger partial charge on any atom is 0.115 e. The minimum absolute atomic E-state index is 0.0371. The molecule has 1 aliphatic rings. The highest BCUT2D eigenvalue weighted by Gasteiger charge is 2.19. The first-order valence-electron chi connectivity index (χ1n) is 7.13. The highest BCUT2D eigenvalue weighted by atomic mass is 15.3. The van der Waals surface area contributed by atoms with Crippen molar-refractivity contribution in [3.8, 4) is 0 Å². The molecule has 2 heterocycles. The van der Waals surface area contributed by atoms with E-state index in [9.17, 15) is 0 Å². The monoisotopic (exact) mass is 272 g/mol. The molecule has 6 nitrogen and oxygen atoms in total. The van der Waals surface area contributed by atoms with Crippen LogP contribution >= 0.6 is 0 Å². The van der Waals surface area contributed by atoms with E-state index in [0.717, 1.165) is 17.8 Å².